The van der Waals surface area contributed by atoms with Crippen molar-refractivity contribution in [3.05, 3.63) is 45.8 Å². The molecule has 2 aromatic heterocycles. The fourth-order valence-electron chi connectivity index (χ4n) is 3.03. The van der Waals surface area contributed by atoms with Crippen LogP contribution in [0.5, 0.6) is 0 Å². The summed E-state index contributed by atoms with van der Waals surface area (Å²) in [7, 11) is 1.86. The Morgan fingerprint density at radius 1 is 1.45 bits per heavy atom. The van der Waals surface area contributed by atoms with Gasteiger partial charge in [0.1, 0.15) is 5.82 Å². The van der Waals surface area contributed by atoms with Gasteiger partial charge in [-0.25, -0.2) is 4.98 Å². The van der Waals surface area contributed by atoms with Crippen molar-refractivity contribution in [2.24, 2.45) is 0 Å². The summed E-state index contributed by atoms with van der Waals surface area (Å²) < 4.78 is 0. The highest BCUT2D eigenvalue weighted by molar-refractivity contribution is 7.12. The molecule has 0 unspecified atom stereocenters. The molecule has 0 radical (unpaired) electrons. The van der Waals surface area contributed by atoms with Gasteiger partial charge in [0.2, 0.25) is 5.91 Å². The molecule has 3 heterocycles. The van der Waals surface area contributed by atoms with Gasteiger partial charge < -0.3 is 10.2 Å². The number of rotatable bonds is 4. The zero-order valence-corrected chi connectivity index (χ0v) is 13.8. The molecule has 1 amide bonds. The molecule has 1 N–H and O–H groups in total. The Morgan fingerprint density at radius 3 is 3.05 bits per heavy atom. The van der Waals surface area contributed by atoms with Crippen LogP contribution in [0.1, 0.15) is 34.2 Å². The molecule has 1 aliphatic heterocycles. The van der Waals surface area contributed by atoms with Crippen LogP contribution in [0, 0.1) is 6.92 Å². The summed E-state index contributed by atoms with van der Waals surface area (Å²) >= 11 is 1.71. The highest BCUT2D eigenvalue weighted by Crippen LogP contribution is 2.33. The lowest BCUT2D eigenvalue weighted by Gasteiger charge is -2.25. The Balaban J connectivity index is 1.75. The first kappa shape index (κ1) is 15.0. The molecule has 0 aromatic carbocycles. The minimum atomic E-state index is 0.184. The van der Waals surface area contributed by atoms with Gasteiger partial charge in [-0.3, -0.25) is 4.79 Å². The van der Waals surface area contributed by atoms with E-state index in [2.05, 4.69) is 29.4 Å². The van der Waals surface area contributed by atoms with E-state index in [4.69, 9.17) is 0 Å². The number of amides is 1. The van der Waals surface area contributed by atoms with E-state index in [1.165, 1.54) is 10.4 Å². The van der Waals surface area contributed by atoms with Crippen molar-refractivity contribution in [2.75, 3.05) is 18.9 Å². The van der Waals surface area contributed by atoms with E-state index in [-0.39, 0.29) is 11.9 Å². The molecule has 2 aromatic rings. The molecule has 0 bridgehead atoms. The largest absolute Gasteiger partial charge is 0.373 e. The van der Waals surface area contributed by atoms with E-state index >= 15 is 0 Å². The highest BCUT2D eigenvalue weighted by Gasteiger charge is 2.30. The summed E-state index contributed by atoms with van der Waals surface area (Å²) in [6.45, 7) is 2.93. The Labute approximate surface area is 135 Å². The minimum Gasteiger partial charge on any atom is -0.373 e. The number of thiophene rings is 1. The number of carbonyl (C=O) groups excluding carboxylic acids is 1. The van der Waals surface area contributed by atoms with Gasteiger partial charge in [0, 0.05) is 29.5 Å². The molecule has 1 saturated heterocycles. The van der Waals surface area contributed by atoms with Crippen LogP contribution in [0.3, 0.4) is 0 Å². The lowest BCUT2D eigenvalue weighted by atomic mass is 10.1. The van der Waals surface area contributed by atoms with Gasteiger partial charge >= 0.3 is 0 Å². The topological polar surface area (TPSA) is 45.2 Å². The van der Waals surface area contributed by atoms with Crippen LogP contribution in [0.2, 0.25) is 0 Å². The molecule has 4 nitrogen and oxygen atoms in total. The second kappa shape index (κ2) is 6.48. The normalized spacial score (nSPS) is 17.7. The van der Waals surface area contributed by atoms with E-state index in [0.717, 1.165) is 30.1 Å². The number of carbonyl (C=O) groups is 1. The summed E-state index contributed by atoms with van der Waals surface area (Å²) in [4.78, 5) is 21.4. The van der Waals surface area contributed by atoms with Crippen molar-refractivity contribution in [3.8, 4) is 0 Å². The van der Waals surface area contributed by atoms with Crippen molar-refractivity contribution in [1.82, 2.24) is 9.88 Å². The van der Waals surface area contributed by atoms with E-state index in [9.17, 15) is 4.79 Å². The Kier molecular flexibility index (Phi) is 4.43. The number of aromatic nitrogens is 1. The molecule has 0 saturated carbocycles. The zero-order valence-electron chi connectivity index (χ0n) is 13.0. The summed E-state index contributed by atoms with van der Waals surface area (Å²) in [6.07, 6.45) is 4.42. The first-order valence-electron chi connectivity index (χ1n) is 7.66. The Hall–Kier alpha value is -1.88. The third kappa shape index (κ3) is 3.14. The Bertz CT molecular complexity index is 667. The smallest absolute Gasteiger partial charge is 0.228 e. The lowest BCUT2D eigenvalue weighted by molar-refractivity contribution is -0.131. The first-order valence-corrected chi connectivity index (χ1v) is 8.47. The van der Waals surface area contributed by atoms with Crippen LogP contribution in [0.25, 0.3) is 0 Å². The first-order chi connectivity index (χ1) is 10.7. The van der Waals surface area contributed by atoms with Crippen molar-refractivity contribution in [3.63, 3.8) is 0 Å². The molecule has 1 atom stereocenters. The number of aryl methyl sites for hydroxylation is 1. The number of hydrogen-bond acceptors (Lipinski definition) is 4. The van der Waals surface area contributed by atoms with E-state index < -0.39 is 0 Å². The maximum atomic E-state index is 12.7. The summed E-state index contributed by atoms with van der Waals surface area (Å²) in [5.74, 6) is 1.08. The third-order valence-electron chi connectivity index (χ3n) is 4.12. The molecule has 22 heavy (non-hydrogen) atoms. The summed E-state index contributed by atoms with van der Waals surface area (Å²) in [5, 5.41) is 3.06. The summed E-state index contributed by atoms with van der Waals surface area (Å²) in [5.41, 5.74) is 1.17. The standard InChI is InChI=1S/C17H21N3OS/c1-12-5-6-14(22-12)11-17(21)20-9-3-4-15(20)13-7-8-19-16(10-13)18-2/h5-8,10,15H,3-4,9,11H2,1-2H3,(H,18,19)/t15-/m1/s1. The lowest BCUT2D eigenvalue weighted by Crippen LogP contribution is -2.31. The second-order valence-corrected chi connectivity index (χ2v) is 7.03. The zero-order chi connectivity index (χ0) is 15.5. The van der Waals surface area contributed by atoms with E-state index in [1.54, 1.807) is 11.3 Å². The predicted octanol–water partition coefficient (Wildman–Crippen LogP) is 3.40. The maximum Gasteiger partial charge on any atom is 0.228 e. The quantitative estimate of drug-likeness (QED) is 0.940. The van der Waals surface area contributed by atoms with Crippen molar-refractivity contribution in [1.29, 1.82) is 0 Å². The van der Waals surface area contributed by atoms with Gasteiger partial charge in [-0.15, -0.1) is 11.3 Å². The van der Waals surface area contributed by atoms with Crippen molar-refractivity contribution < 1.29 is 4.79 Å². The molecule has 0 aliphatic carbocycles. The molecule has 5 heteroatoms. The van der Waals surface area contributed by atoms with Crippen molar-refractivity contribution in [2.45, 2.75) is 32.2 Å². The minimum absolute atomic E-state index is 0.184. The maximum absolute atomic E-state index is 12.7. The molecule has 0 spiro atoms. The fourth-order valence-corrected chi connectivity index (χ4v) is 3.91. The average molecular weight is 315 g/mol. The molecular formula is C17H21N3OS. The van der Waals surface area contributed by atoms with Gasteiger partial charge in [0.15, 0.2) is 0 Å². The Morgan fingerprint density at radius 2 is 2.32 bits per heavy atom. The number of pyridine rings is 1. The molecule has 1 fully saturated rings. The number of nitrogens with zero attached hydrogens (tertiary/aromatic N) is 2. The molecule has 3 rings (SSSR count). The SMILES string of the molecule is CNc1cc([C@H]2CCCN2C(=O)Cc2ccc(C)s2)ccn1. The van der Waals surface area contributed by atoms with Crippen LogP contribution >= 0.6 is 11.3 Å². The second-order valence-electron chi connectivity index (χ2n) is 5.66. The van der Waals surface area contributed by atoms with Crippen LogP contribution in [0.15, 0.2) is 30.5 Å². The summed E-state index contributed by atoms with van der Waals surface area (Å²) in [6, 6.07) is 8.40. The number of nitrogens with one attached hydrogen (secondary N) is 1. The van der Waals surface area contributed by atoms with Gasteiger partial charge in [0.25, 0.3) is 0 Å². The van der Waals surface area contributed by atoms with Gasteiger partial charge in [0.05, 0.1) is 12.5 Å². The average Bonchev–Trinajstić information content (AvgIpc) is 3.16. The number of anilines is 1. The monoisotopic (exact) mass is 315 g/mol. The highest BCUT2D eigenvalue weighted by atomic mass is 32.1. The number of likely N-dealkylation sites (tertiary alicyclic amines) is 1. The number of hydrogen-bond donors (Lipinski definition) is 1. The van der Waals surface area contributed by atoms with Crippen LogP contribution in [-0.4, -0.2) is 29.4 Å². The third-order valence-corrected chi connectivity index (χ3v) is 5.12. The van der Waals surface area contributed by atoms with Crippen LogP contribution < -0.4 is 5.32 Å². The van der Waals surface area contributed by atoms with Crippen molar-refractivity contribution >= 4 is 23.1 Å². The van der Waals surface area contributed by atoms with Gasteiger partial charge in [-0.1, -0.05) is 0 Å². The predicted molar refractivity (Wildman–Crippen MR) is 90.2 cm³/mol. The van der Waals surface area contributed by atoms with Crippen LogP contribution in [-0.2, 0) is 11.2 Å². The molecule has 1 aliphatic rings. The fraction of sp³-hybridized carbons (Fsp3) is 0.412. The molecule has 116 valence electrons. The van der Waals surface area contributed by atoms with E-state index in [1.807, 2.05) is 30.3 Å². The molecular weight excluding hydrogens is 294 g/mol. The van der Waals surface area contributed by atoms with Crippen LogP contribution in [0.4, 0.5) is 5.82 Å². The van der Waals surface area contributed by atoms with Gasteiger partial charge in [-0.2, -0.15) is 0 Å². The van der Waals surface area contributed by atoms with E-state index in [0.29, 0.717) is 6.42 Å². The van der Waals surface area contributed by atoms with Gasteiger partial charge in [-0.05, 0) is 49.6 Å².